The van der Waals surface area contributed by atoms with E-state index in [0.29, 0.717) is 6.42 Å². The summed E-state index contributed by atoms with van der Waals surface area (Å²) in [6.07, 6.45) is -2.15. The second-order valence-corrected chi connectivity index (χ2v) is 24.5. The molecule has 2 N–H and O–H groups in total. The Bertz CT molecular complexity index is 1130. The van der Waals surface area contributed by atoms with Gasteiger partial charge in [-0.25, -0.2) is 0 Å². The van der Waals surface area contributed by atoms with Crippen LogP contribution in [-0.4, -0.2) is 80.8 Å². The van der Waals surface area contributed by atoms with E-state index in [4.69, 9.17) is 18.3 Å². The van der Waals surface area contributed by atoms with Crippen molar-refractivity contribution in [1.29, 1.82) is 0 Å². The highest BCUT2D eigenvalue weighted by atomic mass is 28.4. The van der Waals surface area contributed by atoms with Gasteiger partial charge in [-0.15, -0.1) is 0 Å². The Morgan fingerprint density at radius 3 is 1.93 bits per heavy atom. The molecule has 1 heterocycles. The number of ketones is 1. The van der Waals surface area contributed by atoms with E-state index in [-0.39, 0.29) is 25.2 Å². The zero-order valence-corrected chi connectivity index (χ0v) is 31.3. The van der Waals surface area contributed by atoms with Gasteiger partial charge in [0.25, 0.3) is 0 Å². The maximum Gasteiger partial charge on any atom is 0.303 e. The summed E-state index contributed by atoms with van der Waals surface area (Å²) in [7, 11) is -4.33. The third-order valence-electron chi connectivity index (χ3n) is 13.3. The lowest BCUT2D eigenvalue weighted by atomic mass is 9.45. The number of carbonyl (C=O) groups is 2. The molecule has 3 fully saturated rings. The standard InChI is InChI=1S/C34H60O8Si2/c1-12-43(13-2,14-3)41-25-20-34(38)30(37)29-32(11,26(36)18-24(22(25)7)31(34,9)10)27(42-44(15-4,16-5)17-6)19-28-33(29,21-39-28)40-23(8)35/h25,27-30,37-38H,12-21H2,1-11H3/t25-,27-,28+,29?,30?,32+,33-,34+/m0/s1. The van der Waals surface area contributed by atoms with Gasteiger partial charge in [-0.1, -0.05) is 61.0 Å². The van der Waals surface area contributed by atoms with Crippen LogP contribution in [0, 0.1) is 16.7 Å². The highest BCUT2D eigenvalue weighted by Gasteiger charge is 2.76. The number of aliphatic hydroxyl groups excluding tert-OH is 1. The number of fused-ring (bicyclic) bond motifs is 5. The Balaban J connectivity index is 1.96. The SMILES string of the molecule is CC[Si](CC)(CC)O[C@H]1C[C@@]2(O)C(O)C3[C@](C)(C(=O)CC(=C1C)C2(C)C)[C@@H](O[Si](CC)(CC)CC)C[C@H]1OC[C@@]31OC(C)=O. The van der Waals surface area contributed by atoms with E-state index < -0.39 is 75.0 Å². The van der Waals surface area contributed by atoms with Crippen molar-refractivity contribution in [3.05, 3.63) is 11.1 Å². The number of ether oxygens (including phenoxy) is 2. The first kappa shape index (κ1) is 36.0. The van der Waals surface area contributed by atoms with Crippen molar-refractivity contribution < 1.29 is 38.1 Å². The van der Waals surface area contributed by atoms with E-state index in [1.807, 2.05) is 20.8 Å². The quantitative estimate of drug-likeness (QED) is 0.152. The van der Waals surface area contributed by atoms with Crippen LogP contribution in [0.4, 0.5) is 0 Å². The van der Waals surface area contributed by atoms with Crippen LogP contribution >= 0.6 is 0 Å². The van der Waals surface area contributed by atoms with E-state index in [1.54, 1.807) is 0 Å². The fraction of sp³-hybridized carbons (Fsp3) is 0.882. The Labute approximate surface area is 267 Å². The first-order valence-electron chi connectivity index (χ1n) is 17.3. The molecular weight excluding hydrogens is 593 g/mol. The van der Waals surface area contributed by atoms with Crippen LogP contribution in [0.25, 0.3) is 0 Å². The maximum absolute atomic E-state index is 15.0. The van der Waals surface area contributed by atoms with Gasteiger partial charge in [-0.05, 0) is 55.7 Å². The molecule has 10 heteroatoms. The largest absolute Gasteiger partial charge is 0.454 e. The van der Waals surface area contributed by atoms with Gasteiger partial charge in [0.1, 0.15) is 17.5 Å². The topological polar surface area (TPSA) is 112 Å². The molecule has 2 bridgehead atoms. The Kier molecular flexibility index (Phi) is 10.0. The summed E-state index contributed by atoms with van der Waals surface area (Å²) in [5.41, 5.74) is -3.19. The predicted molar refractivity (Wildman–Crippen MR) is 176 cm³/mol. The minimum atomic E-state index is -2.22. The molecule has 0 aromatic rings. The van der Waals surface area contributed by atoms with E-state index in [2.05, 4.69) is 48.5 Å². The van der Waals surface area contributed by atoms with Crippen molar-refractivity contribution in [3.63, 3.8) is 0 Å². The molecule has 44 heavy (non-hydrogen) atoms. The molecule has 252 valence electrons. The van der Waals surface area contributed by atoms with Gasteiger partial charge < -0.3 is 28.5 Å². The fourth-order valence-corrected chi connectivity index (χ4v) is 15.3. The van der Waals surface area contributed by atoms with Crippen molar-refractivity contribution in [1.82, 2.24) is 0 Å². The second-order valence-electron chi connectivity index (χ2n) is 15.0. The first-order valence-corrected chi connectivity index (χ1v) is 22.3. The minimum absolute atomic E-state index is 0.0373. The lowest BCUT2D eigenvalue weighted by Crippen LogP contribution is -2.81. The summed E-state index contributed by atoms with van der Waals surface area (Å²) in [6, 6.07) is 5.59. The molecule has 1 aliphatic heterocycles. The van der Waals surface area contributed by atoms with Gasteiger partial charge in [-0.3, -0.25) is 9.59 Å². The monoisotopic (exact) mass is 652 g/mol. The molecule has 2 saturated carbocycles. The lowest BCUT2D eigenvalue weighted by molar-refractivity contribution is -0.344. The zero-order chi connectivity index (χ0) is 33.1. The molecule has 8 atom stereocenters. The number of rotatable bonds is 11. The van der Waals surface area contributed by atoms with Gasteiger partial charge in [0.15, 0.2) is 22.2 Å². The lowest BCUT2D eigenvalue weighted by Gasteiger charge is -2.68. The van der Waals surface area contributed by atoms with Crippen LogP contribution in [0.3, 0.4) is 0 Å². The van der Waals surface area contributed by atoms with Crippen LogP contribution in [-0.2, 0) is 27.9 Å². The Morgan fingerprint density at radius 1 is 0.955 bits per heavy atom. The molecule has 4 rings (SSSR count). The summed E-state index contributed by atoms with van der Waals surface area (Å²) in [4.78, 5) is 27.7. The van der Waals surface area contributed by atoms with E-state index in [1.165, 1.54) is 6.92 Å². The zero-order valence-electron chi connectivity index (χ0n) is 29.3. The molecule has 2 unspecified atom stereocenters. The van der Waals surface area contributed by atoms with Gasteiger partial charge in [0.05, 0.1) is 30.3 Å². The van der Waals surface area contributed by atoms with Crippen molar-refractivity contribution in [2.24, 2.45) is 16.7 Å². The van der Waals surface area contributed by atoms with Crippen molar-refractivity contribution in [3.8, 4) is 0 Å². The van der Waals surface area contributed by atoms with Gasteiger partial charge in [-0.2, -0.15) is 0 Å². The van der Waals surface area contributed by atoms with Crippen molar-refractivity contribution in [2.45, 2.75) is 167 Å². The van der Waals surface area contributed by atoms with Crippen LogP contribution in [0.5, 0.6) is 0 Å². The molecule has 1 saturated heterocycles. The number of hydrogen-bond donors (Lipinski definition) is 2. The van der Waals surface area contributed by atoms with E-state index >= 15 is 4.79 Å². The molecule has 0 aromatic heterocycles. The molecule has 4 aliphatic rings. The van der Waals surface area contributed by atoms with Crippen LogP contribution in [0.1, 0.15) is 95.4 Å². The third kappa shape index (κ3) is 5.08. The first-order chi connectivity index (χ1) is 20.5. The molecular formula is C34H60O8Si2. The Morgan fingerprint density at radius 2 is 1.48 bits per heavy atom. The van der Waals surface area contributed by atoms with Crippen molar-refractivity contribution >= 4 is 28.4 Å². The second kappa shape index (κ2) is 12.3. The van der Waals surface area contributed by atoms with E-state index in [0.717, 1.165) is 47.4 Å². The highest BCUT2D eigenvalue weighted by molar-refractivity contribution is 6.74. The minimum Gasteiger partial charge on any atom is -0.454 e. The number of carbonyl (C=O) groups excluding carboxylic acids is 2. The van der Waals surface area contributed by atoms with Gasteiger partial charge in [0.2, 0.25) is 0 Å². The molecule has 3 aliphatic carbocycles. The highest BCUT2D eigenvalue weighted by Crippen LogP contribution is 2.64. The summed E-state index contributed by atoms with van der Waals surface area (Å²) < 4.78 is 26.4. The number of Topliss-reactive ketones (excluding diaryl/α,β-unsaturated/α-hetero) is 1. The maximum atomic E-state index is 15.0. The molecule has 0 radical (unpaired) electrons. The number of hydrogen-bond acceptors (Lipinski definition) is 8. The van der Waals surface area contributed by atoms with Gasteiger partial charge >= 0.3 is 5.97 Å². The Hall–Kier alpha value is -0.886. The third-order valence-corrected chi connectivity index (χ3v) is 22.6. The van der Waals surface area contributed by atoms with Gasteiger partial charge in [0, 0.05) is 37.5 Å². The average molecular weight is 653 g/mol. The average Bonchev–Trinajstić information content (AvgIpc) is 2.98. The summed E-state index contributed by atoms with van der Waals surface area (Å²) in [5.74, 6) is -1.44. The number of aliphatic hydroxyl groups is 2. The molecule has 0 spiro atoms. The van der Waals surface area contributed by atoms with Crippen molar-refractivity contribution in [2.75, 3.05) is 6.61 Å². The molecule has 8 nitrogen and oxygen atoms in total. The fourth-order valence-electron chi connectivity index (χ4n) is 9.47. The van der Waals surface area contributed by atoms with Crippen LogP contribution in [0.15, 0.2) is 11.1 Å². The van der Waals surface area contributed by atoms with E-state index in [9.17, 15) is 15.0 Å². The molecule has 0 amide bonds. The van der Waals surface area contributed by atoms with Crippen LogP contribution < -0.4 is 0 Å². The van der Waals surface area contributed by atoms with Crippen LogP contribution in [0.2, 0.25) is 36.3 Å². The predicted octanol–water partition coefficient (Wildman–Crippen LogP) is 6.31. The summed E-state index contributed by atoms with van der Waals surface area (Å²) in [5, 5.41) is 25.8. The normalized spacial score (nSPS) is 38.7. The smallest absolute Gasteiger partial charge is 0.303 e. The molecule has 0 aromatic carbocycles. The summed E-state index contributed by atoms with van der Waals surface area (Å²) >= 11 is 0. The number of esters is 1. The summed E-state index contributed by atoms with van der Waals surface area (Å²) in [6.45, 7) is 22.3.